The molecule has 0 bridgehead atoms. The summed E-state index contributed by atoms with van der Waals surface area (Å²) in [6, 6.07) is 8.16. The lowest BCUT2D eigenvalue weighted by Gasteiger charge is -2.23. The van der Waals surface area contributed by atoms with Crippen LogP contribution in [-0.4, -0.2) is 40.1 Å². The van der Waals surface area contributed by atoms with E-state index in [1.165, 1.54) is 19.3 Å². The molecule has 158 valence electrons. The van der Waals surface area contributed by atoms with Gasteiger partial charge in [0.2, 0.25) is 0 Å². The standard InChI is InChI=1S/C22H32N4O3/c1-22(2,3)29-21(27)23-15-14-19-24-20(16-10-12-18(28-4)13-11-16)25-26(19)17-8-6-5-7-9-17/h10-13,17H,5-9,14-15H2,1-4H3,(H,23,27). The van der Waals surface area contributed by atoms with Crippen LogP contribution in [0.15, 0.2) is 24.3 Å². The molecule has 1 aliphatic carbocycles. The summed E-state index contributed by atoms with van der Waals surface area (Å²) in [5.41, 5.74) is 0.454. The first-order valence-electron chi connectivity index (χ1n) is 10.4. The summed E-state index contributed by atoms with van der Waals surface area (Å²) in [6.07, 6.45) is 6.17. The first kappa shape index (κ1) is 21.1. The molecule has 1 saturated carbocycles. The summed E-state index contributed by atoms with van der Waals surface area (Å²) >= 11 is 0. The van der Waals surface area contributed by atoms with Crippen molar-refractivity contribution in [2.24, 2.45) is 0 Å². The molecule has 0 atom stereocenters. The zero-order chi connectivity index (χ0) is 20.9. The molecule has 0 saturated heterocycles. The fraction of sp³-hybridized carbons (Fsp3) is 0.591. The second-order valence-electron chi connectivity index (χ2n) is 8.50. The minimum atomic E-state index is -0.506. The van der Waals surface area contributed by atoms with Gasteiger partial charge in [0.15, 0.2) is 5.82 Å². The van der Waals surface area contributed by atoms with Gasteiger partial charge in [-0.2, -0.15) is 5.10 Å². The van der Waals surface area contributed by atoms with Crippen molar-refractivity contribution < 1.29 is 14.3 Å². The second kappa shape index (κ2) is 9.29. The SMILES string of the molecule is COc1ccc(-c2nc(CCNC(=O)OC(C)(C)C)n(C3CCCCC3)n2)cc1. The Hall–Kier alpha value is -2.57. The Morgan fingerprint density at radius 3 is 2.48 bits per heavy atom. The van der Waals surface area contributed by atoms with Crippen molar-refractivity contribution in [1.29, 1.82) is 0 Å². The molecule has 1 fully saturated rings. The van der Waals surface area contributed by atoms with E-state index in [0.717, 1.165) is 30.0 Å². The number of benzene rings is 1. The maximum Gasteiger partial charge on any atom is 0.407 e. The third-order valence-electron chi connectivity index (χ3n) is 4.99. The Morgan fingerprint density at radius 2 is 1.86 bits per heavy atom. The molecule has 1 aliphatic rings. The van der Waals surface area contributed by atoms with Gasteiger partial charge in [0.05, 0.1) is 13.2 Å². The highest BCUT2D eigenvalue weighted by molar-refractivity contribution is 5.67. The molecule has 7 heteroatoms. The van der Waals surface area contributed by atoms with Crippen LogP contribution in [0.2, 0.25) is 0 Å². The predicted molar refractivity (Wildman–Crippen MR) is 112 cm³/mol. The van der Waals surface area contributed by atoms with Crippen LogP contribution >= 0.6 is 0 Å². The van der Waals surface area contributed by atoms with Gasteiger partial charge in [-0.15, -0.1) is 0 Å². The van der Waals surface area contributed by atoms with Crippen LogP contribution in [0.5, 0.6) is 5.75 Å². The van der Waals surface area contributed by atoms with Crippen LogP contribution in [0.25, 0.3) is 11.4 Å². The Kier molecular flexibility index (Phi) is 6.77. The van der Waals surface area contributed by atoms with Crippen molar-refractivity contribution in [2.75, 3.05) is 13.7 Å². The number of hydrogen-bond acceptors (Lipinski definition) is 5. The number of methoxy groups -OCH3 is 1. The molecule has 2 aromatic rings. The molecule has 0 aliphatic heterocycles. The summed E-state index contributed by atoms with van der Waals surface area (Å²) in [5, 5.41) is 7.66. The van der Waals surface area contributed by atoms with E-state index in [4.69, 9.17) is 19.6 Å². The van der Waals surface area contributed by atoms with Crippen molar-refractivity contribution in [3.05, 3.63) is 30.1 Å². The number of rotatable bonds is 6. The molecule has 0 radical (unpaired) electrons. The highest BCUT2D eigenvalue weighted by Gasteiger charge is 2.22. The molecule has 7 nitrogen and oxygen atoms in total. The minimum absolute atomic E-state index is 0.375. The average Bonchev–Trinajstić information content (AvgIpc) is 3.11. The van der Waals surface area contributed by atoms with Gasteiger partial charge in [0.1, 0.15) is 17.2 Å². The van der Waals surface area contributed by atoms with Gasteiger partial charge < -0.3 is 14.8 Å². The molecule has 1 N–H and O–H groups in total. The van der Waals surface area contributed by atoms with Gasteiger partial charge in [-0.1, -0.05) is 19.3 Å². The van der Waals surface area contributed by atoms with E-state index >= 15 is 0 Å². The number of alkyl carbamates (subject to hydrolysis) is 1. The fourth-order valence-corrected chi connectivity index (χ4v) is 3.60. The van der Waals surface area contributed by atoms with Gasteiger partial charge in [-0.25, -0.2) is 14.5 Å². The molecule has 1 aromatic heterocycles. The number of carbonyl (C=O) groups is 1. The normalized spacial score (nSPS) is 15.2. The topological polar surface area (TPSA) is 78.3 Å². The van der Waals surface area contributed by atoms with Crippen LogP contribution in [0.1, 0.15) is 64.7 Å². The molecule has 1 aromatic carbocycles. The zero-order valence-corrected chi connectivity index (χ0v) is 17.9. The van der Waals surface area contributed by atoms with Crippen LogP contribution < -0.4 is 10.1 Å². The number of hydrogen-bond donors (Lipinski definition) is 1. The highest BCUT2D eigenvalue weighted by Crippen LogP contribution is 2.30. The molecular weight excluding hydrogens is 368 g/mol. The van der Waals surface area contributed by atoms with Crippen molar-refractivity contribution in [3.8, 4) is 17.1 Å². The summed E-state index contributed by atoms with van der Waals surface area (Å²) < 4.78 is 12.6. The van der Waals surface area contributed by atoms with Crippen LogP contribution in [0.3, 0.4) is 0 Å². The third-order valence-corrected chi connectivity index (χ3v) is 4.99. The number of carbonyl (C=O) groups excluding carboxylic acids is 1. The summed E-state index contributed by atoms with van der Waals surface area (Å²) in [7, 11) is 1.65. The molecule has 0 spiro atoms. The van der Waals surface area contributed by atoms with E-state index in [2.05, 4.69) is 10.00 Å². The smallest absolute Gasteiger partial charge is 0.407 e. The van der Waals surface area contributed by atoms with Crippen molar-refractivity contribution in [1.82, 2.24) is 20.1 Å². The molecule has 3 rings (SSSR count). The van der Waals surface area contributed by atoms with Gasteiger partial charge >= 0.3 is 6.09 Å². The highest BCUT2D eigenvalue weighted by atomic mass is 16.6. The summed E-state index contributed by atoms with van der Waals surface area (Å²) in [4.78, 5) is 16.7. The number of nitrogens with one attached hydrogen (secondary N) is 1. The second-order valence-corrected chi connectivity index (χ2v) is 8.50. The van der Waals surface area contributed by atoms with Gasteiger partial charge in [0.25, 0.3) is 0 Å². The summed E-state index contributed by atoms with van der Waals surface area (Å²) in [5.74, 6) is 2.42. The van der Waals surface area contributed by atoms with E-state index in [0.29, 0.717) is 24.8 Å². The minimum Gasteiger partial charge on any atom is -0.497 e. The molecule has 1 heterocycles. The van der Waals surface area contributed by atoms with E-state index in [9.17, 15) is 4.79 Å². The molecular formula is C22H32N4O3. The van der Waals surface area contributed by atoms with Gasteiger partial charge in [0, 0.05) is 18.5 Å². The van der Waals surface area contributed by atoms with E-state index in [1.54, 1.807) is 7.11 Å². The maximum absolute atomic E-state index is 11.9. The van der Waals surface area contributed by atoms with Crippen molar-refractivity contribution in [3.63, 3.8) is 0 Å². The predicted octanol–water partition coefficient (Wildman–Crippen LogP) is 4.53. The number of nitrogens with zero attached hydrogens (tertiary/aromatic N) is 3. The van der Waals surface area contributed by atoms with E-state index < -0.39 is 11.7 Å². The van der Waals surface area contributed by atoms with Gasteiger partial charge in [-0.3, -0.25) is 0 Å². The monoisotopic (exact) mass is 400 g/mol. The number of amides is 1. The van der Waals surface area contributed by atoms with Crippen LogP contribution in [0, 0.1) is 0 Å². The lowest BCUT2D eigenvalue weighted by atomic mass is 9.95. The molecule has 29 heavy (non-hydrogen) atoms. The maximum atomic E-state index is 11.9. The van der Waals surface area contributed by atoms with Crippen molar-refractivity contribution in [2.45, 2.75) is 70.9 Å². The Morgan fingerprint density at radius 1 is 1.17 bits per heavy atom. The zero-order valence-electron chi connectivity index (χ0n) is 17.9. The van der Waals surface area contributed by atoms with Crippen LogP contribution in [0.4, 0.5) is 4.79 Å². The average molecular weight is 401 g/mol. The van der Waals surface area contributed by atoms with E-state index in [-0.39, 0.29) is 0 Å². The fourth-order valence-electron chi connectivity index (χ4n) is 3.60. The molecule has 1 amide bonds. The largest absolute Gasteiger partial charge is 0.497 e. The first-order valence-corrected chi connectivity index (χ1v) is 10.4. The summed E-state index contributed by atoms with van der Waals surface area (Å²) in [6.45, 7) is 6.02. The van der Waals surface area contributed by atoms with Crippen LogP contribution in [-0.2, 0) is 11.2 Å². The number of aromatic nitrogens is 3. The number of ether oxygens (including phenoxy) is 2. The van der Waals surface area contributed by atoms with E-state index in [1.807, 2.05) is 45.0 Å². The lowest BCUT2D eigenvalue weighted by Crippen LogP contribution is -2.34. The third kappa shape index (κ3) is 5.95. The van der Waals surface area contributed by atoms with Gasteiger partial charge in [-0.05, 0) is 57.9 Å². The first-order chi connectivity index (χ1) is 13.9. The Labute approximate surface area is 172 Å². The quantitative estimate of drug-likeness (QED) is 0.771. The lowest BCUT2D eigenvalue weighted by molar-refractivity contribution is 0.0528. The molecule has 0 unspecified atom stereocenters. The Bertz CT molecular complexity index is 802. The Balaban J connectivity index is 1.74. The van der Waals surface area contributed by atoms with Crippen molar-refractivity contribution >= 4 is 6.09 Å².